The monoisotopic (exact) mass is 274 g/mol. The van der Waals surface area contributed by atoms with Gasteiger partial charge in [-0.1, -0.05) is 6.92 Å². The zero-order chi connectivity index (χ0) is 13.2. The lowest BCUT2D eigenvalue weighted by atomic mass is 10.3. The topological polar surface area (TPSA) is 68.5 Å². The highest BCUT2D eigenvalue weighted by atomic mass is 32.1. The largest absolute Gasteiger partial charge is 0.354 e. The lowest BCUT2D eigenvalue weighted by molar-refractivity contribution is 0.850. The second kappa shape index (κ2) is 4.93. The Morgan fingerprint density at radius 2 is 2.21 bits per heavy atom. The quantitative estimate of drug-likeness (QED) is 0.790. The Bertz CT molecular complexity index is 688. The number of hydrogen-bond donors (Lipinski definition) is 1. The predicted molar refractivity (Wildman–Crippen MR) is 75.9 cm³/mol. The summed E-state index contributed by atoms with van der Waals surface area (Å²) in [5.74, 6) is 1.40. The summed E-state index contributed by atoms with van der Waals surface area (Å²) in [6.07, 6.45) is 4.16. The van der Waals surface area contributed by atoms with Gasteiger partial charge in [0.05, 0.1) is 5.39 Å². The van der Waals surface area contributed by atoms with Crippen molar-refractivity contribution in [2.75, 3.05) is 11.9 Å². The molecule has 3 aromatic rings. The van der Waals surface area contributed by atoms with Crippen LogP contribution in [0.1, 0.15) is 18.7 Å². The number of nitrogens with zero attached hydrogens (tertiary/aromatic N) is 5. The third kappa shape index (κ3) is 2.17. The van der Waals surface area contributed by atoms with Gasteiger partial charge in [-0.2, -0.15) is 10.1 Å². The van der Waals surface area contributed by atoms with Crippen LogP contribution in [0.15, 0.2) is 18.7 Å². The van der Waals surface area contributed by atoms with Crippen LogP contribution < -0.4 is 5.32 Å². The van der Waals surface area contributed by atoms with Crippen LogP contribution in [-0.4, -0.2) is 31.3 Å². The SMILES string of the molecule is CCNc1nc(-n2cncn2)c2cc(CC)sc2n1. The lowest BCUT2D eigenvalue weighted by Gasteiger charge is -2.05. The van der Waals surface area contributed by atoms with Gasteiger partial charge in [-0.05, 0) is 19.4 Å². The minimum absolute atomic E-state index is 0.630. The van der Waals surface area contributed by atoms with Gasteiger partial charge in [0, 0.05) is 11.4 Å². The van der Waals surface area contributed by atoms with Gasteiger partial charge in [0.25, 0.3) is 0 Å². The molecular formula is C12H14N6S. The molecule has 0 unspecified atom stereocenters. The fourth-order valence-electron chi connectivity index (χ4n) is 1.86. The van der Waals surface area contributed by atoms with Crippen molar-refractivity contribution >= 4 is 27.5 Å². The van der Waals surface area contributed by atoms with E-state index in [2.05, 4.69) is 38.4 Å². The summed E-state index contributed by atoms with van der Waals surface area (Å²) >= 11 is 1.70. The summed E-state index contributed by atoms with van der Waals surface area (Å²) < 4.78 is 1.68. The third-order valence-corrected chi connectivity index (χ3v) is 3.92. The Labute approximate surface area is 114 Å². The van der Waals surface area contributed by atoms with Gasteiger partial charge in [0.1, 0.15) is 17.5 Å². The van der Waals surface area contributed by atoms with Crippen molar-refractivity contribution in [1.82, 2.24) is 24.7 Å². The van der Waals surface area contributed by atoms with Gasteiger partial charge in [-0.15, -0.1) is 11.3 Å². The fourth-order valence-corrected chi connectivity index (χ4v) is 2.82. The van der Waals surface area contributed by atoms with E-state index in [0.717, 1.165) is 29.0 Å². The molecular weight excluding hydrogens is 260 g/mol. The van der Waals surface area contributed by atoms with Crippen molar-refractivity contribution in [3.8, 4) is 5.82 Å². The highest BCUT2D eigenvalue weighted by Crippen LogP contribution is 2.29. The first-order valence-corrected chi connectivity index (χ1v) is 7.02. The zero-order valence-corrected chi connectivity index (χ0v) is 11.6. The summed E-state index contributed by atoms with van der Waals surface area (Å²) in [7, 11) is 0. The van der Waals surface area contributed by atoms with Crippen LogP contribution in [-0.2, 0) is 6.42 Å². The van der Waals surface area contributed by atoms with Crippen LogP contribution in [0.2, 0.25) is 0 Å². The number of fused-ring (bicyclic) bond motifs is 1. The first-order chi connectivity index (χ1) is 9.31. The number of nitrogens with one attached hydrogen (secondary N) is 1. The fraction of sp³-hybridized carbons (Fsp3) is 0.333. The maximum absolute atomic E-state index is 4.54. The number of hydrogen-bond acceptors (Lipinski definition) is 6. The van der Waals surface area contributed by atoms with E-state index in [4.69, 9.17) is 0 Å². The van der Waals surface area contributed by atoms with Gasteiger partial charge >= 0.3 is 0 Å². The van der Waals surface area contributed by atoms with Crippen molar-refractivity contribution in [3.63, 3.8) is 0 Å². The average molecular weight is 274 g/mol. The summed E-state index contributed by atoms with van der Waals surface area (Å²) in [6.45, 7) is 4.95. The minimum atomic E-state index is 0.630. The Morgan fingerprint density at radius 1 is 1.32 bits per heavy atom. The summed E-state index contributed by atoms with van der Waals surface area (Å²) in [4.78, 5) is 15.3. The van der Waals surface area contributed by atoms with Crippen molar-refractivity contribution in [2.24, 2.45) is 0 Å². The Kier molecular flexibility index (Phi) is 3.12. The van der Waals surface area contributed by atoms with Gasteiger partial charge in [-0.25, -0.2) is 14.6 Å². The lowest BCUT2D eigenvalue weighted by Crippen LogP contribution is -2.06. The minimum Gasteiger partial charge on any atom is -0.354 e. The maximum atomic E-state index is 4.54. The van der Waals surface area contributed by atoms with Crippen molar-refractivity contribution in [2.45, 2.75) is 20.3 Å². The first-order valence-electron chi connectivity index (χ1n) is 6.21. The van der Waals surface area contributed by atoms with Crippen molar-refractivity contribution in [1.29, 1.82) is 0 Å². The Hall–Kier alpha value is -2.02. The summed E-state index contributed by atoms with van der Waals surface area (Å²) in [5.41, 5.74) is 0. The van der Waals surface area contributed by atoms with Crippen LogP contribution in [0.3, 0.4) is 0 Å². The molecule has 0 radical (unpaired) electrons. The smallest absolute Gasteiger partial charge is 0.226 e. The van der Waals surface area contributed by atoms with E-state index in [1.54, 1.807) is 22.3 Å². The Morgan fingerprint density at radius 3 is 2.89 bits per heavy atom. The highest BCUT2D eigenvalue weighted by Gasteiger charge is 2.13. The molecule has 1 N–H and O–H groups in total. The van der Waals surface area contributed by atoms with E-state index in [9.17, 15) is 0 Å². The Balaban J connectivity index is 2.24. The number of aromatic nitrogens is 5. The van der Waals surface area contributed by atoms with E-state index >= 15 is 0 Å². The molecule has 0 atom stereocenters. The highest BCUT2D eigenvalue weighted by molar-refractivity contribution is 7.18. The normalized spacial score (nSPS) is 11.1. The van der Waals surface area contributed by atoms with Crippen molar-refractivity contribution in [3.05, 3.63) is 23.6 Å². The van der Waals surface area contributed by atoms with Crippen molar-refractivity contribution < 1.29 is 0 Å². The molecule has 0 bridgehead atoms. The molecule has 3 heterocycles. The molecule has 0 amide bonds. The van der Waals surface area contributed by atoms with Gasteiger partial charge in [0.2, 0.25) is 5.95 Å². The van der Waals surface area contributed by atoms with E-state index in [0.29, 0.717) is 5.95 Å². The molecule has 3 rings (SSSR count). The van der Waals surface area contributed by atoms with E-state index in [1.165, 1.54) is 11.2 Å². The maximum Gasteiger partial charge on any atom is 0.226 e. The third-order valence-electron chi connectivity index (χ3n) is 2.74. The van der Waals surface area contributed by atoms with Gasteiger partial charge < -0.3 is 5.32 Å². The van der Waals surface area contributed by atoms with Crippen LogP contribution in [0.25, 0.3) is 16.0 Å². The van der Waals surface area contributed by atoms with Crippen LogP contribution >= 0.6 is 11.3 Å². The second-order valence-corrected chi connectivity index (χ2v) is 5.14. The molecule has 0 saturated heterocycles. The molecule has 0 aliphatic carbocycles. The number of rotatable bonds is 4. The summed E-state index contributed by atoms with van der Waals surface area (Å²) in [6, 6.07) is 2.13. The molecule has 0 aliphatic heterocycles. The number of thiophene rings is 1. The van der Waals surface area contributed by atoms with E-state index in [1.807, 2.05) is 6.92 Å². The standard InChI is InChI=1S/C12H14N6S/c1-3-8-5-9-10(18-7-13-6-15-18)16-12(14-4-2)17-11(9)19-8/h5-7H,3-4H2,1-2H3,(H,14,16,17). The van der Waals surface area contributed by atoms with Crippen LogP contribution in [0.5, 0.6) is 0 Å². The molecule has 0 saturated carbocycles. The molecule has 98 valence electrons. The molecule has 7 heteroatoms. The van der Waals surface area contributed by atoms with Crippen LogP contribution in [0, 0.1) is 0 Å². The molecule has 19 heavy (non-hydrogen) atoms. The predicted octanol–water partition coefficient (Wildman–Crippen LogP) is 2.27. The molecule has 0 aliphatic rings. The molecule has 0 spiro atoms. The van der Waals surface area contributed by atoms with E-state index in [-0.39, 0.29) is 0 Å². The molecule has 0 aromatic carbocycles. The first kappa shape index (κ1) is 12.0. The second-order valence-electron chi connectivity index (χ2n) is 4.03. The molecule has 0 fully saturated rings. The number of aryl methyl sites for hydroxylation is 1. The zero-order valence-electron chi connectivity index (χ0n) is 10.8. The summed E-state index contributed by atoms with van der Waals surface area (Å²) in [5, 5.41) is 8.34. The molecule has 6 nitrogen and oxygen atoms in total. The van der Waals surface area contributed by atoms with Crippen LogP contribution in [0.4, 0.5) is 5.95 Å². The molecule has 3 aromatic heterocycles. The van der Waals surface area contributed by atoms with Gasteiger partial charge in [-0.3, -0.25) is 0 Å². The average Bonchev–Trinajstić information content (AvgIpc) is 3.07. The number of anilines is 1. The van der Waals surface area contributed by atoms with E-state index < -0.39 is 0 Å². The van der Waals surface area contributed by atoms with Gasteiger partial charge in [0.15, 0.2) is 5.82 Å².